The van der Waals surface area contributed by atoms with Gasteiger partial charge in [-0.25, -0.2) is 24.5 Å². The van der Waals surface area contributed by atoms with E-state index in [4.69, 9.17) is 21.6 Å². The first-order chi connectivity index (χ1) is 26.7. The Hall–Kier alpha value is -6.76. The average molecular weight is 764 g/mol. The molecule has 2 aliphatic carbocycles. The summed E-state index contributed by atoms with van der Waals surface area (Å²) in [6, 6.07) is 10.3. The van der Waals surface area contributed by atoms with Crippen molar-refractivity contribution in [3.8, 4) is 11.8 Å². The molecule has 19 nitrogen and oxygen atoms in total. The Morgan fingerprint density at radius 3 is 1.73 bits per heavy atom. The zero-order chi connectivity index (χ0) is 37.6. The van der Waals surface area contributed by atoms with Crippen LogP contribution in [0.5, 0.6) is 11.8 Å². The topological polar surface area (TPSA) is 242 Å². The lowest BCUT2D eigenvalue weighted by Crippen LogP contribution is -2.47. The van der Waals surface area contributed by atoms with Gasteiger partial charge in [-0.3, -0.25) is 20.0 Å². The molecule has 280 valence electrons. The molecule has 6 N–H and O–H groups in total. The number of aromatic nitrogens is 11. The molecular weight excluding hydrogens is 730 g/mol. The Morgan fingerprint density at radius 1 is 0.709 bits per heavy atom. The quantitative estimate of drug-likeness (QED) is 0.118. The first-order valence-corrected chi connectivity index (χ1v) is 18.1. The highest BCUT2D eigenvalue weighted by Crippen LogP contribution is 2.24. The highest BCUT2D eigenvalue weighted by molar-refractivity contribution is 6.29. The normalized spacial score (nSPS) is 17.5. The molecule has 0 atom stereocenters. The van der Waals surface area contributed by atoms with Gasteiger partial charge < -0.3 is 30.0 Å². The summed E-state index contributed by atoms with van der Waals surface area (Å²) in [5.41, 5.74) is 2.11. The van der Waals surface area contributed by atoms with Gasteiger partial charge in [-0.15, -0.1) is 0 Å². The fourth-order valence-corrected chi connectivity index (χ4v) is 6.40. The molecule has 55 heavy (non-hydrogen) atoms. The molecule has 0 spiro atoms. The summed E-state index contributed by atoms with van der Waals surface area (Å²) in [6.45, 7) is 3.30. The Morgan fingerprint density at radius 2 is 1.24 bits per heavy atom. The number of fused-ring (bicyclic) bond motifs is 2. The molecule has 10 rings (SSSR count). The number of aromatic hydroxyl groups is 2. The van der Waals surface area contributed by atoms with Crippen LogP contribution in [-0.4, -0.2) is 103 Å². The number of rotatable bonds is 6. The van der Waals surface area contributed by atoms with Crippen molar-refractivity contribution in [1.82, 2.24) is 54.1 Å². The van der Waals surface area contributed by atoms with E-state index in [0.717, 1.165) is 69.0 Å². The minimum Gasteiger partial charge on any atom is -0.493 e. The van der Waals surface area contributed by atoms with Crippen LogP contribution < -0.4 is 42.6 Å². The van der Waals surface area contributed by atoms with E-state index in [0.29, 0.717) is 44.5 Å². The summed E-state index contributed by atoms with van der Waals surface area (Å²) in [7, 11) is 0. The highest BCUT2D eigenvalue weighted by atomic mass is 35.5. The zero-order valence-electron chi connectivity index (χ0n) is 29.1. The maximum Gasteiger partial charge on any atom is 0.326 e. The number of nitrogens with zero attached hydrogens (tertiary/aromatic N) is 11. The van der Waals surface area contributed by atoms with Crippen LogP contribution in [0.4, 0.5) is 11.6 Å². The van der Waals surface area contributed by atoms with Crippen molar-refractivity contribution < 1.29 is 10.2 Å². The Labute approximate surface area is 313 Å². The van der Waals surface area contributed by atoms with Gasteiger partial charge in [-0.05, 0) is 50.0 Å². The standard InChI is InChI=1S/C22H23N9O2.C13H11ClN6O2/c32-21-16(26-22(33)28-21)11-14-13-24-31-19(25-15-4-5-15)12-18(27-20(14)31)30-9-7-29(8-10-30)17-3-1-2-6-23-17;14-9-4-10(16-7-1-2-7)20-11(18-9)6(5-15-20)3-8-12(21)19-13(22)17-8/h1-3,6,11-13,15,32H,4-5,7-10H2,(H2,26,28,33);3-5,7,21H,1-2H2,(H2,17,19,22). The van der Waals surface area contributed by atoms with E-state index in [1.807, 2.05) is 30.5 Å². The van der Waals surface area contributed by atoms with Gasteiger partial charge in [0.15, 0.2) is 22.3 Å². The molecule has 0 aromatic carbocycles. The first kappa shape index (κ1) is 34.0. The van der Waals surface area contributed by atoms with Crippen molar-refractivity contribution >= 4 is 46.7 Å². The van der Waals surface area contributed by atoms with E-state index in [1.54, 1.807) is 39.6 Å². The second-order valence-electron chi connectivity index (χ2n) is 13.4. The number of imidazole rings is 2. The van der Waals surface area contributed by atoms with E-state index < -0.39 is 11.4 Å². The van der Waals surface area contributed by atoms with Crippen molar-refractivity contribution in [1.29, 1.82) is 0 Å². The van der Waals surface area contributed by atoms with E-state index in [9.17, 15) is 19.8 Å². The maximum atomic E-state index is 11.5. The van der Waals surface area contributed by atoms with Gasteiger partial charge in [0.2, 0.25) is 11.8 Å². The predicted octanol–water partition coefficient (Wildman–Crippen LogP) is -0.501. The molecule has 7 aromatic heterocycles. The summed E-state index contributed by atoms with van der Waals surface area (Å²) in [5.74, 6) is 1.36. The lowest BCUT2D eigenvalue weighted by molar-refractivity contribution is 0.454. The lowest BCUT2D eigenvalue weighted by Gasteiger charge is -2.36. The van der Waals surface area contributed by atoms with Gasteiger partial charge in [0, 0.05) is 54.9 Å². The van der Waals surface area contributed by atoms with Crippen molar-refractivity contribution in [2.24, 2.45) is 9.98 Å². The summed E-state index contributed by atoms with van der Waals surface area (Å²) >= 11 is 6.06. The Kier molecular flexibility index (Phi) is 8.60. The third-order valence-electron chi connectivity index (χ3n) is 9.29. The Balaban J connectivity index is 0.000000157. The number of halogens is 1. The van der Waals surface area contributed by atoms with Crippen LogP contribution in [0.3, 0.4) is 0 Å². The SMILES string of the molecule is O=c1[nH]c(O)c(C=c2cnn3c(=NC4CC4)cc(Cl)nc23)[nH]1.O=c1[nH]c(O)c(C=c2cnn3c(=NC4CC4)cc(N4CCN(c5ccccn5)CC4)nc23)[nH]1. The number of nitrogens with one attached hydrogen (secondary N) is 4. The molecule has 7 aromatic rings. The largest absolute Gasteiger partial charge is 0.493 e. The van der Waals surface area contributed by atoms with Gasteiger partial charge in [0.05, 0.1) is 24.5 Å². The molecule has 3 aliphatic rings. The van der Waals surface area contributed by atoms with Gasteiger partial charge >= 0.3 is 11.4 Å². The minimum absolute atomic E-state index is 0.218. The fourth-order valence-electron chi connectivity index (χ4n) is 6.22. The average Bonchev–Trinajstić information content (AvgIpc) is 4.04. The van der Waals surface area contributed by atoms with Crippen molar-refractivity contribution in [2.45, 2.75) is 37.8 Å². The molecule has 0 unspecified atom stereocenters. The molecule has 1 saturated heterocycles. The predicted molar refractivity (Wildman–Crippen MR) is 201 cm³/mol. The molecule has 0 bridgehead atoms. The molecule has 8 heterocycles. The smallest absolute Gasteiger partial charge is 0.326 e. The second-order valence-corrected chi connectivity index (χ2v) is 13.8. The third kappa shape index (κ3) is 7.28. The number of piperazine rings is 1. The zero-order valence-corrected chi connectivity index (χ0v) is 29.8. The first-order valence-electron chi connectivity index (χ1n) is 17.7. The fraction of sp³-hybridized carbons (Fsp3) is 0.286. The maximum absolute atomic E-state index is 11.5. The number of hydrogen-bond acceptors (Lipinski definition) is 13. The van der Waals surface area contributed by atoms with Gasteiger partial charge in [0.25, 0.3) is 0 Å². The van der Waals surface area contributed by atoms with Crippen molar-refractivity contribution in [3.63, 3.8) is 0 Å². The van der Waals surface area contributed by atoms with Gasteiger partial charge in [-0.2, -0.15) is 19.2 Å². The van der Waals surface area contributed by atoms with Crippen LogP contribution in [0.1, 0.15) is 37.1 Å². The molecule has 20 heteroatoms. The third-order valence-corrected chi connectivity index (χ3v) is 9.48. The van der Waals surface area contributed by atoms with E-state index in [2.05, 4.69) is 54.9 Å². The number of anilines is 2. The molecule has 0 radical (unpaired) electrons. The molecule has 2 saturated carbocycles. The van der Waals surface area contributed by atoms with Crippen LogP contribution in [0.25, 0.3) is 23.4 Å². The summed E-state index contributed by atoms with van der Waals surface area (Å²) in [6.07, 6.45) is 12.6. The van der Waals surface area contributed by atoms with Gasteiger partial charge in [0.1, 0.15) is 28.2 Å². The molecule has 1 aliphatic heterocycles. The van der Waals surface area contributed by atoms with Gasteiger partial charge in [-0.1, -0.05) is 17.7 Å². The van der Waals surface area contributed by atoms with Crippen LogP contribution >= 0.6 is 11.6 Å². The van der Waals surface area contributed by atoms with Crippen molar-refractivity contribution in [2.75, 3.05) is 36.0 Å². The number of H-pyrrole nitrogens is 4. The minimum atomic E-state index is -0.490. The van der Waals surface area contributed by atoms with E-state index in [-0.39, 0.29) is 23.1 Å². The molecule has 0 amide bonds. The van der Waals surface area contributed by atoms with Crippen molar-refractivity contribution in [3.05, 3.63) is 108 Å². The lowest BCUT2D eigenvalue weighted by atomic mass is 10.3. The van der Waals surface area contributed by atoms with E-state index in [1.165, 1.54) is 0 Å². The van der Waals surface area contributed by atoms with Crippen LogP contribution in [0, 0.1) is 0 Å². The number of aromatic amines is 4. The number of hydrogen-bond donors (Lipinski definition) is 6. The van der Waals surface area contributed by atoms with E-state index >= 15 is 0 Å². The van der Waals surface area contributed by atoms with Crippen LogP contribution in [-0.2, 0) is 0 Å². The monoisotopic (exact) mass is 763 g/mol. The van der Waals surface area contributed by atoms with Crippen LogP contribution in [0.15, 0.2) is 68.5 Å². The number of pyridine rings is 1. The Bertz CT molecular complexity index is 2910. The summed E-state index contributed by atoms with van der Waals surface area (Å²) < 4.78 is 3.32. The second kappa shape index (κ2) is 13.9. The highest BCUT2D eigenvalue weighted by Gasteiger charge is 2.23. The summed E-state index contributed by atoms with van der Waals surface area (Å²) in [4.78, 5) is 59.8. The summed E-state index contributed by atoms with van der Waals surface area (Å²) in [5, 5.41) is 29.9. The molecular formula is C35H34ClN15O4. The van der Waals surface area contributed by atoms with Crippen LogP contribution in [0.2, 0.25) is 5.15 Å². The molecule has 3 fully saturated rings.